The van der Waals surface area contributed by atoms with Crippen molar-refractivity contribution in [3.05, 3.63) is 59.2 Å². The number of benzene rings is 1. The van der Waals surface area contributed by atoms with E-state index in [1.807, 2.05) is 63.3 Å². The smallest absolute Gasteiger partial charge is 0.329 e. The van der Waals surface area contributed by atoms with E-state index in [1.54, 1.807) is 20.8 Å². The number of hydrogen-bond acceptors (Lipinski definition) is 13. The van der Waals surface area contributed by atoms with Gasteiger partial charge in [0.1, 0.15) is 35.4 Å². The number of carbonyl (C=O) groups is 5. The number of ketones is 3. The zero-order valence-electron chi connectivity index (χ0n) is 40.9. The van der Waals surface area contributed by atoms with Crippen molar-refractivity contribution in [3.63, 3.8) is 0 Å². The van der Waals surface area contributed by atoms with Crippen LogP contribution in [0.25, 0.3) is 0 Å². The number of ether oxygens (including phenoxy) is 5. The Kier molecular flexibility index (Phi) is 18.7. The number of Topliss-reactive ketones (excluding diaryl/α,β-unsaturated/α-hetero) is 3. The maximum Gasteiger partial charge on any atom is 0.329 e. The number of piperidine rings is 1. The standard InChI is InChI=1S/C52H77NO13/c1-11-37-24-30(2)23-31(3)25-42(62-8)47-43(63-9)27-33(5)52(61,66-47)48(57)49(58)53-22-16-15-19-39(53)50(59)65-46(34(6)40(55)29-41(37)56)32(4)26-36-20-21-51(60,44(28-36)64-10)45(35(7)54)38-17-13-12-14-18-38/h12-14,17-18,24,26,31,33-34,36-37,39-40,42-47,55,60-61H,11,15-16,19-23,25,27-29H2,1-10H3/b30-24+,32-26?. The van der Waals surface area contributed by atoms with Crippen LogP contribution in [0.3, 0.4) is 0 Å². The molecule has 0 radical (unpaired) electrons. The molecule has 2 saturated heterocycles. The van der Waals surface area contributed by atoms with Crippen LogP contribution in [0.1, 0.15) is 131 Å². The van der Waals surface area contributed by atoms with E-state index < -0.39 is 95.4 Å². The SMILES string of the molecule is CCC1/C=C(\C)CC(C)CC(OC)C2OC(O)(C(=O)C(=O)N3CCCCC3C(=O)OC(C(C)=CC3CCC(O)(C(C(C)=O)c4ccccc4)C(OC)C3)C(C)C(O)CC1=O)C(C)CC2OC. The molecule has 14 nitrogen and oxygen atoms in total. The molecule has 15 atom stereocenters. The minimum atomic E-state index is -2.54. The van der Waals surface area contributed by atoms with Gasteiger partial charge in [0.25, 0.3) is 11.7 Å². The van der Waals surface area contributed by atoms with Crippen LogP contribution >= 0.6 is 0 Å². The van der Waals surface area contributed by atoms with Crippen LogP contribution in [0.2, 0.25) is 0 Å². The summed E-state index contributed by atoms with van der Waals surface area (Å²) < 4.78 is 30.3. The fraction of sp³-hybridized carbons (Fsp3) is 0.712. The molecule has 66 heavy (non-hydrogen) atoms. The van der Waals surface area contributed by atoms with Gasteiger partial charge in [0, 0.05) is 52.0 Å². The second-order valence-corrected chi connectivity index (χ2v) is 19.9. The molecule has 1 aromatic carbocycles. The molecule has 3 fully saturated rings. The highest BCUT2D eigenvalue weighted by Crippen LogP contribution is 2.45. The van der Waals surface area contributed by atoms with Crippen LogP contribution in [-0.4, -0.2) is 131 Å². The van der Waals surface area contributed by atoms with Crippen molar-refractivity contribution in [2.24, 2.45) is 29.6 Å². The highest BCUT2D eigenvalue weighted by atomic mass is 16.7. The molecule has 0 aromatic heterocycles. The minimum absolute atomic E-state index is 0.00811. The van der Waals surface area contributed by atoms with Gasteiger partial charge in [0.2, 0.25) is 5.79 Å². The first-order valence-corrected chi connectivity index (χ1v) is 24.1. The summed E-state index contributed by atoms with van der Waals surface area (Å²) in [5, 5.41) is 36.2. The summed E-state index contributed by atoms with van der Waals surface area (Å²) in [5.41, 5.74) is 0.764. The number of hydrogen-bond donors (Lipinski definition) is 3. The van der Waals surface area contributed by atoms with Gasteiger partial charge in [-0.2, -0.15) is 0 Å². The topological polar surface area (TPSA) is 195 Å². The lowest BCUT2D eigenvalue weighted by Crippen LogP contribution is -2.64. The van der Waals surface area contributed by atoms with Crippen LogP contribution in [-0.2, 0) is 47.7 Å². The summed E-state index contributed by atoms with van der Waals surface area (Å²) in [6.45, 7) is 12.6. The average molecular weight is 924 g/mol. The number of esters is 1. The maximum absolute atomic E-state index is 14.6. The lowest BCUT2D eigenvalue weighted by molar-refractivity contribution is -0.302. The second kappa shape index (κ2) is 23.1. The molecular formula is C52H77NO13. The molecule has 5 rings (SSSR count). The molecule has 1 amide bonds. The third kappa shape index (κ3) is 11.8. The first kappa shape index (κ1) is 53.3. The number of cyclic esters (lactones) is 1. The van der Waals surface area contributed by atoms with Crippen molar-refractivity contribution in [2.45, 2.75) is 179 Å². The molecule has 3 N–H and O–H groups in total. The molecule has 0 spiro atoms. The number of carbonyl (C=O) groups excluding carboxylic acids is 5. The zero-order chi connectivity index (χ0) is 48.7. The van der Waals surface area contributed by atoms with Crippen LogP contribution in [0.4, 0.5) is 0 Å². The van der Waals surface area contributed by atoms with Crippen molar-refractivity contribution in [3.8, 4) is 0 Å². The Bertz CT molecular complexity index is 1920. The van der Waals surface area contributed by atoms with E-state index in [9.17, 15) is 39.3 Å². The van der Waals surface area contributed by atoms with Gasteiger partial charge < -0.3 is 43.9 Å². The highest BCUT2D eigenvalue weighted by Gasteiger charge is 2.57. The number of aliphatic hydroxyl groups is 3. The number of amides is 1. The highest BCUT2D eigenvalue weighted by molar-refractivity contribution is 6.39. The largest absolute Gasteiger partial charge is 0.456 e. The molecule has 15 unspecified atom stereocenters. The van der Waals surface area contributed by atoms with E-state index in [-0.39, 0.29) is 55.6 Å². The number of fused-ring (bicyclic) bond motifs is 3. The van der Waals surface area contributed by atoms with E-state index in [0.29, 0.717) is 56.1 Å². The Balaban J connectivity index is 1.52. The van der Waals surface area contributed by atoms with E-state index in [0.717, 1.165) is 5.57 Å². The fourth-order valence-corrected chi connectivity index (χ4v) is 11.3. The third-order valence-electron chi connectivity index (χ3n) is 15.1. The normalized spacial score (nSPS) is 38.6. The van der Waals surface area contributed by atoms with E-state index >= 15 is 0 Å². The van der Waals surface area contributed by atoms with Gasteiger partial charge in [-0.05, 0) is 108 Å². The first-order valence-electron chi connectivity index (χ1n) is 24.1. The van der Waals surface area contributed by atoms with Gasteiger partial charge in [-0.15, -0.1) is 0 Å². The lowest BCUT2D eigenvalue weighted by atomic mass is 9.66. The summed E-state index contributed by atoms with van der Waals surface area (Å²) >= 11 is 0. The second-order valence-electron chi connectivity index (χ2n) is 19.9. The van der Waals surface area contributed by atoms with Gasteiger partial charge in [-0.3, -0.25) is 19.2 Å². The van der Waals surface area contributed by atoms with Crippen LogP contribution < -0.4 is 0 Å². The van der Waals surface area contributed by atoms with Gasteiger partial charge in [-0.1, -0.05) is 75.8 Å². The Morgan fingerprint density at radius 3 is 2.21 bits per heavy atom. The summed E-state index contributed by atoms with van der Waals surface area (Å²) in [5.74, 6) is -9.05. The number of nitrogens with zero attached hydrogens (tertiary/aromatic N) is 1. The quantitative estimate of drug-likeness (QED) is 0.144. The van der Waals surface area contributed by atoms with E-state index in [1.165, 1.54) is 33.2 Å². The number of allylic oxidation sites excluding steroid dienone is 3. The van der Waals surface area contributed by atoms with Gasteiger partial charge >= 0.3 is 5.97 Å². The van der Waals surface area contributed by atoms with Crippen molar-refractivity contribution in [2.75, 3.05) is 27.9 Å². The molecule has 2 bridgehead atoms. The molecule has 368 valence electrons. The third-order valence-corrected chi connectivity index (χ3v) is 15.1. The van der Waals surface area contributed by atoms with Crippen LogP contribution in [0.5, 0.6) is 0 Å². The number of rotatable bonds is 9. The fourth-order valence-electron chi connectivity index (χ4n) is 11.3. The Labute approximate surface area is 391 Å². The summed E-state index contributed by atoms with van der Waals surface area (Å²) in [7, 11) is 4.56. The molecule has 1 aromatic rings. The Morgan fingerprint density at radius 2 is 1.59 bits per heavy atom. The Hall–Kier alpha value is -3.63. The van der Waals surface area contributed by atoms with Crippen molar-refractivity contribution < 1.29 is 63.0 Å². The predicted molar refractivity (Wildman–Crippen MR) is 247 cm³/mol. The predicted octanol–water partition coefficient (Wildman–Crippen LogP) is 6.22. The van der Waals surface area contributed by atoms with Crippen LogP contribution in [0, 0.1) is 29.6 Å². The number of aliphatic hydroxyl groups excluding tert-OH is 1. The van der Waals surface area contributed by atoms with Gasteiger partial charge in [-0.25, -0.2) is 4.79 Å². The lowest BCUT2D eigenvalue weighted by Gasteiger charge is -2.47. The van der Waals surface area contributed by atoms with E-state index in [2.05, 4.69) is 0 Å². The minimum Gasteiger partial charge on any atom is -0.456 e. The van der Waals surface area contributed by atoms with Gasteiger partial charge in [0.05, 0.1) is 30.3 Å². The van der Waals surface area contributed by atoms with Crippen molar-refractivity contribution in [1.82, 2.24) is 4.90 Å². The van der Waals surface area contributed by atoms with E-state index in [4.69, 9.17) is 23.7 Å². The Morgan fingerprint density at radius 1 is 0.924 bits per heavy atom. The molecular weight excluding hydrogens is 847 g/mol. The van der Waals surface area contributed by atoms with Crippen LogP contribution in [0.15, 0.2) is 53.6 Å². The monoisotopic (exact) mass is 924 g/mol. The molecule has 1 saturated carbocycles. The summed E-state index contributed by atoms with van der Waals surface area (Å²) in [6, 6.07) is 7.98. The summed E-state index contributed by atoms with van der Waals surface area (Å²) in [6.07, 6.45) is 2.63. The van der Waals surface area contributed by atoms with Crippen molar-refractivity contribution in [1.29, 1.82) is 0 Å². The van der Waals surface area contributed by atoms with Crippen molar-refractivity contribution >= 4 is 29.2 Å². The first-order chi connectivity index (χ1) is 31.2. The molecule has 3 aliphatic heterocycles. The maximum atomic E-state index is 14.6. The number of methoxy groups -OCH3 is 3. The molecule has 14 heteroatoms. The molecule has 3 heterocycles. The average Bonchev–Trinajstić information content (AvgIpc) is 3.29. The molecule has 1 aliphatic carbocycles. The zero-order valence-corrected chi connectivity index (χ0v) is 40.9. The van der Waals surface area contributed by atoms with Gasteiger partial charge in [0.15, 0.2) is 0 Å². The molecule has 4 aliphatic rings. The summed E-state index contributed by atoms with van der Waals surface area (Å²) in [4.78, 5) is 71.6.